The first-order valence-electron chi connectivity index (χ1n) is 17.7. The predicted octanol–water partition coefficient (Wildman–Crippen LogP) is 11.7. The summed E-state index contributed by atoms with van der Waals surface area (Å²) in [5.74, 6) is 0.960. The fraction of sp³-hybridized carbons (Fsp3) is 0.0851. The van der Waals surface area contributed by atoms with Gasteiger partial charge in [0.2, 0.25) is 0 Å². The van der Waals surface area contributed by atoms with Gasteiger partial charge in [-0.2, -0.15) is 0 Å². The molecule has 0 atom stereocenters. The van der Waals surface area contributed by atoms with Gasteiger partial charge in [-0.15, -0.1) is 0 Å². The van der Waals surface area contributed by atoms with Gasteiger partial charge >= 0.3 is 0 Å². The summed E-state index contributed by atoms with van der Waals surface area (Å²) in [5.41, 5.74) is 15.6. The molecule has 4 nitrogen and oxygen atoms in total. The molecule has 0 amide bonds. The normalized spacial score (nSPS) is 13.5. The van der Waals surface area contributed by atoms with E-state index in [9.17, 15) is 0 Å². The van der Waals surface area contributed by atoms with Gasteiger partial charge in [0.1, 0.15) is 5.82 Å². The molecule has 0 aliphatic heterocycles. The molecule has 0 radical (unpaired) electrons. The average Bonchev–Trinajstić information content (AvgIpc) is 3.87. The third kappa shape index (κ3) is 3.66. The smallest absolute Gasteiger partial charge is 0.140 e. The number of fused-ring (bicyclic) bond motifs is 13. The minimum absolute atomic E-state index is 0.222. The van der Waals surface area contributed by atoms with Gasteiger partial charge in [-0.05, 0) is 65.2 Å². The van der Waals surface area contributed by atoms with Crippen LogP contribution in [0.1, 0.15) is 25.0 Å². The van der Waals surface area contributed by atoms with Crippen LogP contribution >= 0.6 is 0 Å². The number of nitrogens with zero attached hydrogens (tertiary/aromatic N) is 4. The van der Waals surface area contributed by atoms with Gasteiger partial charge in [0, 0.05) is 56.5 Å². The Balaban J connectivity index is 1.37. The summed E-state index contributed by atoms with van der Waals surface area (Å²) < 4.78 is 7.25. The van der Waals surface area contributed by atoms with Crippen molar-refractivity contribution in [3.63, 3.8) is 0 Å². The highest BCUT2D eigenvalue weighted by Gasteiger charge is 2.41. The number of aryl methyl sites for hydroxylation is 1. The Hall–Kier alpha value is -6.39. The number of aromatic nitrogens is 4. The zero-order chi connectivity index (χ0) is 34.0. The monoisotopic (exact) mass is 654 g/mol. The second-order valence-electron chi connectivity index (χ2n) is 14.4. The van der Waals surface area contributed by atoms with Crippen LogP contribution in [0.15, 0.2) is 152 Å². The van der Waals surface area contributed by atoms with Crippen LogP contribution in [0.2, 0.25) is 0 Å². The largest absolute Gasteiger partial charge is 0.327 e. The number of para-hydroxylation sites is 5. The van der Waals surface area contributed by atoms with Crippen molar-refractivity contribution in [3.05, 3.63) is 163 Å². The molecule has 0 fully saturated rings. The molecule has 0 bridgehead atoms. The van der Waals surface area contributed by atoms with Crippen molar-refractivity contribution in [1.82, 2.24) is 18.7 Å². The Morgan fingerprint density at radius 1 is 0.529 bits per heavy atom. The van der Waals surface area contributed by atoms with Crippen molar-refractivity contribution in [1.29, 1.82) is 0 Å². The van der Waals surface area contributed by atoms with E-state index in [0.717, 1.165) is 28.1 Å². The SMILES string of the molecule is Cn1c(-c2cccc(-n3c4ccccc4c4c3c3c(c5c6ccccc6n(-c6ccccc6)c54)C(C)(C)c4ccccc4-3)c2)nc2ccccc21. The van der Waals surface area contributed by atoms with Crippen molar-refractivity contribution >= 4 is 54.6 Å². The molecule has 0 N–H and O–H groups in total. The van der Waals surface area contributed by atoms with E-state index in [-0.39, 0.29) is 5.41 Å². The molecular formula is C47H34N4. The Labute approximate surface area is 295 Å². The Morgan fingerprint density at radius 2 is 1.14 bits per heavy atom. The summed E-state index contributed by atoms with van der Waals surface area (Å²) in [6.07, 6.45) is 0. The van der Waals surface area contributed by atoms with Crippen LogP contribution in [0.4, 0.5) is 0 Å². The number of benzene rings is 7. The van der Waals surface area contributed by atoms with Crippen molar-refractivity contribution in [2.75, 3.05) is 0 Å². The van der Waals surface area contributed by atoms with Crippen LogP contribution < -0.4 is 0 Å². The summed E-state index contributed by atoms with van der Waals surface area (Å²) in [7, 11) is 2.11. The molecule has 0 unspecified atom stereocenters. The third-order valence-electron chi connectivity index (χ3n) is 11.4. The first-order valence-corrected chi connectivity index (χ1v) is 17.7. The van der Waals surface area contributed by atoms with Crippen LogP contribution in [0, 0.1) is 0 Å². The van der Waals surface area contributed by atoms with Crippen LogP contribution in [-0.4, -0.2) is 18.7 Å². The molecule has 0 spiro atoms. The zero-order valence-corrected chi connectivity index (χ0v) is 28.7. The summed E-state index contributed by atoms with van der Waals surface area (Å²) in [5, 5.41) is 5.15. The molecule has 7 aromatic carbocycles. The maximum absolute atomic E-state index is 5.10. The van der Waals surface area contributed by atoms with E-state index >= 15 is 0 Å². The summed E-state index contributed by atoms with van der Waals surface area (Å²) >= 11 is 0. The lowest BCUT2D eigenvalue weighted by atomic mass is 9.80. The van der Waals surface area contributed by atoms with Crippen molar-refractivity contribution < 1.29 is 0 Å². The average molecular weight is 655 g/mol. The van der Waals surface area contributed by atoms with Gasteiger partial charge < -0.3 is 13.7 Å². The second kappa shape index (κ2) is 10.1. The Kier molecular flexibility index (Phi) is 5.63. The standard InChI is InChI=1S/C47H34N4/c1-47(2)35-23-10-7-20-32(35)40-43(47)41-33-21-8-12-25-37(33)50(30-17-5-4-6-18-30)45(41)42-34-22-9-13-26-38(34)51(44(40)42)31-19-15-16-29(28-31)46-48-36-24-11-14-27-39(36)49(46)3/h4-28H,1-3H3. The number of rotatable bonds is 3. The lowest BCUT2D eigenvalue weighted by Crippen LogP contribution is -2.15. The number of hydrogen-bond acceptors (Lipinski definition) is 1. The van der Waals surface area contributed by atoms with Gasteiger partial charge in [0.15, 0.2) is 0 Å². The molecule has 11 rings (SSSR count). The zero-order valence-electron chi connectivity index (χ0n) is 28.7. The van der Waals surface area contributed by atoms with Gasteiger partial charge in [-0.25, -0.2) is 4.98 Å². The maximum atomic E-state index is 5.10. The van der Waals surface area contributed by atoms with E-state index in [1.165, 1.54) is 71.6 Å². The van der Waals surface area contributed by atoms with E-state index in [1.54, 1.807) is 0 Å². The molecule has 242 valence electrons. The Bertz CT molecular complexity index is 3060. The summed E-state index contributed by atoms with van der Waals surface area (Å²) in [4.78, 5) is 5.10. The molecule has 10 aromatic rings. The topological polar surface area (TPSA) is 27.7 Å². The molecule has 3 heterocycles. The van der Waals surface area contributed by atoms with Gasteiger partial charge in [-0.1, -0.05) is 117 Å². The van der Waals surface area contributed by atoms with Gasteiger partial charge in [0.25, 0.3) is 0 Å². The minimum Gasteiger partial charge on any atom is -0.327 e. The highest BCUT2D eigenvalue weighted by Crippen LogP contribution is 2.58. The highest BCUT2D eigenvalue weighted by atomic mass is 15.1. The molecule has 0 saturated heterocycles. The fourth-order valence-electron chi connectivity index (χ4n) is 9.26. The lowest BCUT2D eigenvalue weighted by Gasteiger charge is -2.23. The van der Waals surface area contributed by atoms with E-state index in [4.69, 9.17) is 4.98 Å². The van der Waals surface area contributed by atoms with E-state index in [0.29, 0.717) is 0 Å². The van der Waals surface area contributed by atoms with Gasteiger partial charge in [-0.3, -0.25) is 0 Å². The quantitative estimate of drug-likeness (QED) is 0.186. The fourth-order valence-corrected chi connectivity index (χ4v) is 9.26. The molecule has 4 heteroatoms. The molecular weight excluding hydrogens is 621 g/mol. The second-order valence-corrected chi connectivity index (χ2v) is 14.4. The van der Waals surface area contributed by atoms with E-state index < -0.39 is 0 Å². The first kappa shape index (κ1) is 28.4. The maximum Gasteiger partial charge on any atom is 0.140 e. The molecule has 51 heavy (non-hydrogen) atoms. The van der Waals surface area contributed by atoms with Crippen LogP contribution in [-0.2, 0) is 12.5 Å². The van der Waals surface area contributed by atoms with Crippen molar-refractivity contribution in [3.8, 4) is 33.9 Å². The summed E-state index contributed by atoms with van der Waals surface area (Å²) in [6.45, 7) is 4.83. The molecule has 1 aliphatic rings. The van der Waals surface area contributed by atoms with E-state index in [1.807, 2.05) is 0 Å². The van der Waals surface area contributed by atoms with Crippen molar-refractivity contribution in [2.24, 2.45) is 7.05 Å². The third-order valence-corrected chi connectivity index (χ3v) is 11.4. The van der Waals surface area contributed by atoms with Crippen LogP contribution in [0.3, 0.4) is 0 Å². The van der Waals surface area contributed by atoms with Crippen LogP contribution in [0.5, 0.6) is 0 Å². The van der Waals surface area contributed by atoms with E-state index in [2.05, 4.69) is 186 Å². The molecule has 0 saturated carbocycles. The van der Waals surface area contributed by atoms with Crippen molar-refractivity contribution in [2.45, 2.75) is 19.3 Å². The first-order chi connectivity index (χ1) is 25.0. The molecule has 1 aliphatic carbocycles. The Morgan fingerprint density at radius 3 is 1.90 bits per heavy atom. The molecule has 3 aromatic heterocycles. The van der Waals surface area contributed by atoms with Gasteiger partial charge in [0.05, 0.1) is 33.1 Å². The lowest BCUT2D eigenvalue weighted by molar-refractivity contribution is 0.667. The minimum atomic E-state index is -0.222. The predicted molar refractivity (Wildman–Crippen MR) is 212 cm³/mol. The summed E-state index contributed by atoms with van der Waals surface area (Å²) in [6, 6.07) is 55.2. The highest BCUT2D eigenvalue weighted by molar-refractivity contribution is 6.31. The number of imidazole rings is 1. The number of hydrogen-bond donors (Lipinski definition) is 0. The van der Waals surface area contributed by atoms with Crippen LogP contribution in [0.25, 0.3) is 88.5 Å².